The van der Waals surface area contributed by atoms with Gasteiger partial charge in [-0.05, 0) is 35.1 Å². The lowest BCUT2D eigenvalue weighted by Gasteiger charge is -2.23. The highest BCUT2D eigenvalue weighted by Gasteiger charge is 2.09. The number of hydrogen-bond acceptors (Lipinski definition) is 2. The van der Waals surface area contributed by atoms with Crippen LogP contribution in [0.15, 0.2) is 48.5 Å². The van der Waals surface area contributed by atoms with Crippen LogP contribution in [0, 0.1) is 0 Å². The Morgan fingerprint density at radius 3 is 1.27 bits per heavy atom. The normalized spacial score (nSPS) is 10.7. The summed E-state index contributed by atoms with van der Waals surface area (Å²) < 4.78 is 1.33. The molecule has 6 heteroatoms. The molecule has 0 radical (unpaired) electrons. The molecule has 0 bridgehead atoms. The van der Waals surface area contributed by atoms with Gasteiger partial charge in [0.25, 0.3) is 0 Å². The highest BCUT2D eigenvalue weighted by molar-refractivity contribution is 8.11. The quantitative estimate of drug-likeness (QED) is 0.266. The van der Waals surface area contributed by atoms with Crippen LogP contribution in [0.3, 0.4) is 0 Å². The van der Waals surface area contributed by atoms with Gasteiger partial charge in [0.2, 0.25) is 0 Å². The summed E-state index contributed by atoms with van der Waals surface area (Å²) in [5.41, 5.74) is 4.92. The summed E-state index contributed by atoms with van der Waals surface area (Å²) in [4.78, 5) is 4.31. The molecule has 0 fully saturated rings. The van der Waals surface area contributed by atoms with Gasteiger partial charge in [0.15, 0.2) is 0 Å². The predicted octanol–water partition coefficient (Wildman–Crippen LogP) is 6.99. The number of rotatable bonds is 11. The van der Waals surface area contributed by atoms with Crippen molar-refractivity contribution in [1.29, 1.82) is 0 Å². The summed E-state index contributed by atoms with van der Waals surface area (Å²) in [5.74, 6) is 0. The largest absolute Gasteiger partial charge is 0.353 e. The molecular weight excluding hydrogens is 445 g/mol. The highest BCUT2D eigenvalue weighted by atomic mass is 32.1. The third-order valence-corrected chi connectivity index (χ3v) is 6.17. The molecule has 0 atom stereocenters. The van der Waals surface area contributed by atoms with Crippen LogP contribution < -0.4 is 0 Å². The van der Waals surface area contributed by atoms with E-state index in [1.807, 2.05) is 0 Å². The molecule has 0 aliphatic heterocycles. The Hall–Kier alpha value is -1.08. The fourth-order valence-corrected chi connectivity index (χ4v) is 3.88. The fraction of sp³-hybridized carbons (Fsp3) is 0.417. The maximum absolute atomic E-state index is 5.29. The average molecular weight is 477 g/mol. The maximum atomic E-state index is 5.29. The molecule has 0 unspecified atom stereocenters. The van der Waals surface area contributed by atoms with Crippen LogP contribution in [0.5, 0.6) is 0 Å². The topological polar surface area (TPSA) is 6.48 Å². The number of unbranched alkanes of at least 4 members (excludes halogenated alkanes) is 2. The van der Waals surface area contributed by atoms with Crippen LogP contribution in [0.25, 0.3) is 11.1 Å². The Balaban J connectivity index is 2.02. The smallest absolute Gasteiger partial charge is 0.133 e. The summed E-state index contributed by atoms with van der Waals surface area (Å²) in [5, 5.41) is 0. The molecule has 2 rings (SSSR count). The summed E-state index contributed by atoms with van der Waals surface area (Å²) in [6, 6.07) is 17.4. The first kappa shape index (κ1) is 25.2. The van der Waals surface area contributed by atoms with Gasteiger partial charge in [0.05, 0.1) is 0 Å². The Morgan fingerprint density at radius 1 is 0.667 bits per heavy atom. The number of benzene rings is 2. The average Bonchev–Trinajstić information content (AvgIpc) is 2.74. The first-order valence-electron chi connectivity index (χ1n) is 10.6. The number of thiocarbonyl (C=S) groups is 2. The summed E-state index contributed by atoms with van der Waals surface area (Å²) in [7, 11) is 0. The van der Waals surface area contributed by atoms with Crippen LogP contribution in [0.1, 0.15) is 50.7 Å². The number of thiol groups is 2. The van der Waals surface area contributed by atoms with Crippen molar-refractivity contribution >= 4 is 58.3 Å². The molecular formula is C24H32N2S4. The third kappa shape index (κ3) is 8.22. The molecule has 2 aromatic carbocycles. The molecule has 0 aromatic heterocycles. The fourth-order valence-electron chi connectivity index (χ4n) is 3.23. The highest BCUT2D eigenvalue weighted by Crippen LogP contribution is 2.22. The van der Waals surface area contributed by atoms with E-state index in [2.05, 4.69) is 97.4 Å². The maximum Gasteiger partial charge on any atom is 0.133 e. The lowest BCUT2D eigenvalue weighted by molar-refractivity contribution is 0.416. The predicted molar refractivity (Wildman–Crippen MR) is 146 cm³/mol. The summed E-state index contributed by atoms with van der Waals surface area (Å²) in [6.45, 7) is 7.89. The molecule has 0 aliphatic carbocycles. The Morgan fingerprint density at radius 2 is 1.00 bits per heavy atom. The summed E-state index contributed by atoms with van der Waals surface area (Å²) in [6.07, 6.45) is 4.55. The van der Waals surface area contributed by atoms with Gasteiger partial charge in [-0.1, -0.05) is 99.7 Å². The van der Waals surface area contributed by atoms with Crippen molar-refractivity contribution in [2.24, 2.45) is 0 Å². The number of nitrogens with zero attached hydrogens (tertiary/aromatic N) is 2. The van der Waals surface area contributed by atoms with Gasteiger partial charge >= 0.3 is 0 Å². The zero-order valence-electron chi connectivity index (χ0n) is 17.9. The van der Waals surface area contributed by atoms with Crippen molar-refractivity contribution in [2.75, 3.05) is 13.1 Å². The third-order valence-electron chi connectivity index (χ3n) is 5.09. The Kier molecular flexibility index (Phi) is 11.2. The van der Waals surface area contributed by atoms with Gasteiger partial charge in [-0.3, -0.25) is 0 Å². The van der Waals surface area contributed by atoms with Crippen molar-refractivity contribution < 1.29 is 0 Å². The molecule has 2 aromatic rings. The van der Waals surface area contributed by atoms with E-state index in [1.165, 1.54) is 22.3 Å². The van der Waals surface area contributed by atoms with Crippen molar-refractivity contribution in [3.05, 3.63) is 59.7 Å². The molecule has 0 heterocycles. The molecule has 0 aliphatic rings. The van der Waals surface area contributed by atoms with E-state index in [-0.39, 0.29) is 0 Å². The Bertz CT molecular complexity index is 733. The van der Waals surface area contributed by atoms with Gasteiger partial charge in [0.1, 0.15) is 8.64 Å². The second-order valence-corrected chi connectivity index (χ2v) is 9.73. The van der Waals surface area contributed by atoms with E-state index >= 15 is 0 Å². The summed E-state index contributed by atoms with van der Waals surface area (Å²) >= 11 is 19.3. The van der Waals surface area contributed by atoms with Crippen LogP contribution in [0.2, 0.25) is 0 Å². The second-order valence-electron chi connectivity index (χ2n) is 7.51. The molecule has 2 nitrogen and oxygen atoms in total. The first-order valence-corrected chi connectivity index (χ1v) is 12.3. The van der Waals surface area contributed by atoms with E-state index in [0.717, 1.165) is 51.9 Å². The molecule has 162 valence electrons. The van der Waals surface area contributed by atoms with Crippen LogP contribution >= 0.6 is 49.7 Å². The van der Waals surface area contributed by atoms with E-state index in [1.54, 1.807) is 0 Å². The van der Waals surface area contributed by atoms with Crippen molar-refractivity contribution in [1.82, 2.24) is 9.80 Å². The monoisotopic (exact) mass is 476 g/mol. The zero-order chi connectivity index (χ0) is 21.9. The minimum absolute atomic E-state index is 0.664. The van der Waals surface area contributed by atoms with Crippen LogP contribution in [0.4, 0.5) is 0 Å². The molecule has 0 spiro atoms. The van der Waals surface area contributed by atoms with Crippen molar-refractivity contribution in [3.63, 3.8) is 0 Å². The van der Waals surface area contributed by atoms with E-state index in [9.17, 15) is 0 Å². The van der Waals surface area contributed by atoms with Crippen LogP contribution in [-0.4, -0.2) is 31.5 Å². The Labute approximate surface area is 203 Å². The van der Waals surface area contributed by atoms with Crippen molar-refractivity contribution in [2.45, 2.75) is 52.6 Å². The lowest BCUT2D eigenvalue weighted by atomic mass is 10.0. The van der Waals surface area contributed by atoms with E-state index in [4.69, 9.17) is 24.4 Å². The molecule has 0 saturated carbocycles. The molecule has 0 N–H and O–H groups in total. The molecule has 0 saturated heterocycles. The lowest BCUT2D eigenvalue weighted by Crippen LogP contribution is -2.26. The SMILES string of the molecule is CCCCN(Cc1ccc(-c2ccc(CN(CCCC)C(=S)S)cc2)cc1)C(=S)S. The van der Waals surface area contributed by atoms with Crippen molar-refractivity contribution in [3.8, 4) is 11.1 Å². The first-order chi connectivity index (χ1) is 14.4. The molecule has 0 amide bonds. The van der Waals surface area contributed by atoms with Crippen LogP contribution in [-0.2, 0) is 13.1 Å². The van der Waals surface area contributed by atoms with Gasteiger partial charge in [0, 0.05) is 26.2 Å². The molecule has 30 heavy (non-hydrogen) atoms. The minimum Gasteiger partial charge on any atom is -0.353 e. The number of hydrogen-bond donors (Lipinski definition) is 2. The van der Waals surface area contributed by atoms with E-state index < -0.39 is 0 Å². The van der Waals surface area contributed by atoms with Gasteiger partial charge < -0.3 is 9.80 Å². The van der Waals surface area contributed by atoms with Gasteiger partial charge in [-0.15, -0.1) is 25.3 Å². The minimum atomic E-state index is 0.664. The second kappa shape index (κ2) is 13.4. The van der Waals surface area contributed by atoms with Gasteiger partial charge in [-0.25, -0.2) is 0 Å². The standard InChI is InChI=1S/C24H32N2S4/c1-3-5-15-25(23(27)28)17-19-7-11-21(12-8-19)22-13-9-20(10-14-22)18-26(24(29)30)16-6-4-2/h7-14H,3-6,15-18H2,1-2H3,(H,27,28)(H,29,30). The zero-order valence-corrected chi connectivity index (χ0v) is 21.3. The van der Waals surface area contributed by atoms with Gasteiger partial charge in [-0.2, -0.15) is 0 Å². The van der Waals surface area contributed by atoms with E-state index in [0.29, 0.717) is 8.64 Å².